The molecule has 1 amide bonds. The van der Waals surface area contributed by atoms with Gasteiger partial charge >= 0.3 is 0 Å². The minimum atomic E-state index is -0.326. The standard InChI is InChI=1S/C22H20FN3O2/c1-13(2)20(21-24-16-5-3-4-6-17(16)25-21)26-22(27)19-12-11-18(28-19)14-7-9-15(23)10-8-14/h3-13,20H,1-2H3,(H,24,25)(H,26,27)/t20-/m1/s1. The van der Waals surface area contributed by atoms with Crippen molar-refractivity contribution in [1.29, 1.82) is 0 Å². The fourth-order valence-corrected chi connectivity index (χ4v) is 3.11. The Morgan fingerprint density at radius 3 is 2.54 bits per heavy atom. The molecule has 0 aliphatic carbocycles. The second-order valence-corrected chi connectivity index (χ2v) is 7.01. The first-order valence-corrected chi connectivity index (χ1v) is 9.12. The summed E-state index contributed by atoms with van der Waals surface area (Å²) in [7, 11) is 0. The van der Waals surface area contributed by atoms with E-state index in [0.717, 1.165) is 11.0 Å². The van der Waals surface area contributed by atoms with E-state index >= 15 is 0 Å². The van der Waals surface area contributed by atoms with Crippen molar-refractivity contribution in [2.75, 3.05) is 0 Å². The highest BCUT2D eigenvalue weighted by atomic mass is 19.1. The van der Waals surface area contributed by atoms with E-state index in [1.54, 1.807) is 24.3 Å². The topological polar surface area (TPSA) is 70.9 Å². The van der Waals surface area contributed by atoms with Crippen LogP contribution < -0.4 is 5.32 Å². The Morgan fingerprint density at radius 1 is 1.07 bits per heavy atom. The molecule has 0 aliphatic rings. The number of H-pyrrole nitrogens is 1. The number of carbonyl (C=O) groups excluding carboxylic acids is 1. The number of aromatic amines is 1. The lowest BCUT2D eigenvalue weighted by Crippen LogP contribution is -2.32. The number of hydrogen-bond donors (Lipinski definition) is 2. The molecule has 0 fully saturated rings. The van der Waals surface area contributed by atoms with Crippen LogP contribution in [0, 0.1) is 11.7 Å². The summed E-state index contributed by atoms with van der Waals surface area (Å²) < 4.78 is 18.8. The van der Waals surface area contributed by atoms with Crippen LogP contribution in [0.1, 0.15) is 36.3 Å². The Kier molecular flexibility index (Phi) is 4.69. The summed E-state index contributed by atoms with van der Waals surface area (Å²) in [6.45, 7) is 4.04. The van der Waals surface area contributed by atoms with Crippen molar-refractivity contribution in [1.82, 2.24) is 15.3 Å². The predicted molar refractivity (Wildman–Crippen MR) is 105 cm³/mol. The van der Waals surface area contributed by atoms with Crippen LogP contribution in [0.4, 0.5) is 4.39 Å². The highest BCUT2D eigenvalue weighted by Gasteiger charge is 2.24. The molecule has 2 aromatic carbocycles. The Bertz CT molecular complexity index is 1080. The predicted octanol–water partition coefficient (Wildman–Crippen LogP) is 5.09. The average molecular weight is 377 g/mol. The number of para-hydroxylation sites is 2. The van der Waals surface area contributed by atoms with Gasteiger partial charge in [-0.15, -0.1) is 0 Å². The van der Waals surface area contributed by atoms with Crippen molar-refractivity contribution in [3.63, 3.8) is 0 Å². The van der Waals surface area contributed by atoms with Crippen molar-refractivity contribution < 1.29 is 13.6 Å². The van der Waals surface area contributed by atoms with Crippen LogP contribution in [0.3, 0.4) is 0 Å². The van der Waals surface area contributed by atoms with Gasteiger partial charge < -0.3 is 14.7 Å². The number of carbonyl (C=O) groups is 1. The van der Waals surface area contributed by atoms with E-state index in [9.17, 15) is 9.18 Å². The monoisotopic (exact) mass is 377 g/mol. The molecule has 142 valence electrons. The van der Waals surface area contributed by atoms with Crippen LogP contribution >= 0.6 is 0 Å². The summed E-state index contributed by atoms with van der Waals surface area (Å²) in [5.74, 6) is 0.883. The number of nitrogens with one attached hydrogen (secondary N) is 2. The van der Waals surface area contributed by atoms with Gasteiger partial charge in [-0.05, 0) is 54.4 Å². The van der Waals surface area contributed by atoms with Crippen LogP contribution in [0.25, 0.3) is 22.4 Å². The molecule has 0 aliphatic heterocycles. The van der Waals surface area contributed by atoms with Crippen LogP contribution in [0.15, 0.2) is 65.1 Å². The molecule has 5 nitrogen and oxygen atoms in total. The van der Waals surface area contributed by atoms with Gasteiger partial charge in [-0.3, -0.25) is 4.79 Å². The molecular formula is C22H20FN3O2. The van der Waals surface area contributed by atoms with E-state index in [0.29, 0.717) is 17.1 Å². The van der Waals surface area contributed by atoms with Gasteiger partial charge in [-0.1, -0.05) is 26.0 Å². The number of nitrogens with zero attached hydrogens (tertiary/aromatic N) is 1. The Balaban J connectivity index is 1.56. The maximum Gasteiger partial charge on any atom is 0.287 e. The van der Waals surface area contributed by atoms with Crippen molar-refractivity contribution in [3.05, 3.63) is 78.1 Å². The van der Waals surface area contributed by atoms with Crippen LogP contribution in [0.2, 0.25) is 0 Å². The Morgan fingerprint density at radius 2 is 1.82 bits per heavy atom. The molecule has 0 spiro atoms. The van der Waals surface area contributed by atoms with Gasteiger partial charge in [0.05, 0.1) is 17.1 Å². The molecule has 2 aromatic heterocycles. The van der Waals surface area contributed by atoms with E-state index in [1.165, 1.54) is 12.1 Å². The van der Waals surface area contributed by atoms with Gasteiger partial charge in [0.25, 0.3) is 5.91 Å². The number of fused-ring (bicyclic) bond motifs is 1. The molecule has 2 heterocycles. The van der Waals surface area contributed by atoms with E-state index in [-0.39, 0.29) is 29.4 Å². The summed E-state index contributed by atoms with van der Waals surface area (Å²) in [6.07, 6.45) is 0. The van der Waals surface area contributed by atoms with E-state index in [2.05, 4.69) is 15.3 Å². The average Bonchev–Trinajstić information content (AvgIpc) is 3.33. The molecular weight excluding hydrogens is 357 g/mol. The second kappa shape index (κ2) is 7.31. The largest absolute Gasteiger partial charge is 0.451 e. The number of imidazole rings is 1. The molecule has 0 unspecified atom stereocenters. The third-order valence-electron chi connectivity index (χ3n) is 4.61. The number of hydrogen-bond acceptors (Lipinski definition) is 3. The molecule has 4 rings (SSSR count). The normalized spacial score (nSPS) is 12.4. The van der Waals surface area contributed by atoms with Gasteiger partial charge in [0, 0.05) is 5.56 Å². The molecule has 4 aromatic rings. The third-order valence-corrected chi connectivity index (χ3v) is 4.61. The van der Waals surface area contributed by atoms with Crippen molar-refractivity contribution >= 4 is 16.9 Å². The number of rotatable bonds is 5. The zero-order valence-electron chi connectivity index (χ0n) is 15.6. The Labute approximate surface area is 161 Å². The van der Waals surface area contributed by atoms with Crippen LogP contribution in [-0.2, 0) is 0 Å². The maximum absolute atomic E-state index is 13.1. The van der Waals surface area contributed by atoms with Crippen LogP contribution in [0.5, 0.6) is 0 Å². The minimum Gasteiger partial charge on any atom is -0.451 e. The van der Waals surface area contributed by atoms with E-state index in [4.69, 9.17) is 4.42 Å². The molecule has 6 heteroatoms. The lowest BCUT2D eigenvalue weighted by Gasteiger charge is -2.19. The number of benzene rings is 2. The quantitative estimate of drug-likeness (QED) is 0.509. The van der Waals surface area contributed by atoms with Crippen molar-refractivity contribution in [2.45, 2.75) is 19.9 Å². The summed E-state index contributed by atoms with van der Waals surface area (Å²) >= 11 is 0. The van der Waals surface area contributed by atoms with Crippen LogP contribution in [-0.4, -0.2) is 15.9 Å². The molecule has 1 atom stereocenters. The maximum atomic E-state index is 13.1. The number of furan rings is 1. The lowest BCUT2D eigenvalue weighted by molar-refractivity contribution is 0.0896. The van der Waals surface area contributed by atoms with Crippen molar-refractivity contribution in [2.24, 2.45) is 5.92 Å². The molecule has 0 saturated carbocycles. The van der Waals surface area contributed by atoms with Gasteiger partial charge in [-0.25, -0.2) is 9.37 Å². The van der Waals surface area contributed by atoms with E-state index < -0.39 is 0 Å². The SMILES string of the molecule is CC(C)[C@@H](NC(=O)c1ccc(-c2ccc(F)cc2)o1)c1nc2ccccc2[nH]1. The summed E-state index contributed by atoms with van der Waals surface area (Å²) in [6, 6.07) is 16.7. The smallest absolute Gasteiger partial charge is 0.287 e. The third kappa shape index (κ3) is 3.53. The fraction of sp³-hybridized carbons (Fsp3) is 0.182. The van der Waals surface area contributed by atoms with Gasteiger partial charge in [0.15, 0.2) is 5.76 Å². The van der Waals surface area contributed by atoms with Gasteiger partial charge in [-0.2, -0.15) is 0 Å². The number of halogens is 1. The first-order valence-electron chi connectivity index (χ1n) is 9.12. The molecule has 0 saturated heterocycles. The minimum absolute atomic E-state index is 0.121. The summed E-state index contributed by atoms with van der Waals surface area (Å²) in [5, 5.41) is 3.00. The van der Waals surface area contributed by atoms with Gasteiger partial charge in [0.2, 0.25) is 0 Å². The number of aromatic nitrogens is 2. The van der Waals surface area contributed by atoms with Gasteiger partial charge in [0.1, 0.15) is 17.4 Å². The molecule has 0 radical (unpaired) electrons. The zero-order chi connectivity index (χ0) is 19.7. The fourth-order valence-electron chi connectivity index (χ4n) is 3.11. The zero-order valence-corrected chi connectivity index (χ0v) is 15.6. The van der Waals surface area contributed by atoms with Crippen molar-refractivity contribution in [3.8, 4) is 11.3 Å². The molecule has 0 bridgehead atoms. The second-order valence-electron chi connectivity index (χ2n) is 7.01. The first-order chi connectivity index (χ1) is 13.5. The molecule has 2 N–H and O–H groups in total. The summed E-state index contributed by atoms with van der Waals surface area (Å²) in [4.78, 5) is 20.6. The first kappa shape index (κ1) is 18.0. The number of amides is 1. The highest BCUT2D eigenvalue weighted by Crippen LogP contribution is 2.25. The van der Waals surface area contributed by atoms with E-state index in [1.807, 2.05) is 38.1 Å². The summed E-state index contributed by atoms with van der Waals surface area (Å²) in [5.41, 5.74) is 2.49. The highest BCUT2D eigenvalue weighted by molar-refractivity contribution is 5.92. The Hall–Kier alpha value is -3.41. The lowest BCUT2D eigenvalue weighted by atomic mass is 10.0. The molecule has 28 heavy (non-hydrogen) atoms.